The molecule has 5 rings (SSSR count). The van der Waals surface area contributed by atoms with Crippen LogP contribution in [-0.2, 0) is 22.7 Å². The lowest BCUT2D eigenvalue weighted by Crippen LogP contribution is -2.36. The van der Waals surface area contributed by atoms with Crippen LogP contribution in [0.5, 0.6) is 5.75 Å². The van der Waals surface area contributed by atoms with Gasteiger partial charge in [0.15, 0.2) is 5.78 Å². The smallest absolute Gasteiger partial charge is 0.310 e. The summed E-state index contributed by atoms with van der Waals surface area (Å²) in [6, 6.07) is 20.7. The number of esters is 1. The third kappa shape index (κ3) is 7.63. The van der Waals surface area contributed by atoms with Gasteiger partial charge in [-0.25, -0.2) is 4.68 Å². The van der Waals surface area contributed by atoms with E-state index in [0.717, 1.165) is 17.2 Å². The van der Waals surface area contributed by atoms with Crippen molar-refractivity contribution >= 4 is 42.3 Å². The average Bonchev–Trinajstić information content (AvgIpc) is 3.40. The summed E-state index contributed by atoms with van der Waals surface area (Å²) >= 11 is 6.07. The Hall–Kier alpha value is -3.82. The molecule has 10 heteroatoms. The van der Waals surface area contributed by atoms with E-state index in [1.165, 1.54) is 4.68 Å². The normalized spacial score (nSPS) is 18.3. The number of halogens is 1. The molecule has 3 aromatic carbocycles. The first-order chi connectivity index (χ1) is 21.0. The molecule has 0 N–H and O–H groups in total. The summed E-state index contributed by atoms with van der Waals surface area (Å²) in [5.41, 5.74) is 2.66. The molecule has 1 aliphatic carbocycles. The molecule has 1 aromatic heterocycles. The van der Waals surface area contributed by atoms with Gasteiger partial charge in [-0.3, -0.25) is 14.4 Å². The standard InChI is InChI=1S/C34H38ClN3O5Si/c1-22-8-15-30-29(18-22)33(40)38(37-36-30)20-25-11-14-28(31(25)34(41)42-16-17-44(2,3)4)32(39)24-9-12-27(13-10-24)43-21-23-6-5-7-26(35)19-23/h5-10,12-13,15,18-19,25,28,31H,11,14,16-17,20-21H2,1-4H3/t25-,28-,31-/m0/s1. The average molecular weight is 632 g/mol. The second kappa shape index (κ2) is 13.4. The molecule has 230 valence electrons. The van der Waals surface area contributed by atoms with Crippen LogP contribution in [0.15, 0.2) is 71.5 Å². The van der Waals surface area contributed by atoms with Crippen LogP contribution < -0.4 is 10.3 Å². The molecule has 1 fully saturated rings. The van der Waals surface area contributed by atoms with E-state index in [1.807, 2.05) is 37.3 Å². The lowest BCUT2D eigenvalue weighted by atomic mass is 9.84. The lowest BCUT2D eigenvalue weighted by Gasteiger charge is -2.24. The van der Waals surface area contributed by atoms with Gasteiger partial charge in [0.1, 0.15) is 17.9 Å². The van der Waals surface area contributed by atoms with Gasteiger partial charge in [0.2, 0.25) is 0 Å². The minimum absolute atomic E-state index is 0.117. The van der Waals surface area contributed by atoms with Crippen LogP contribution in [0.3, 0.4) is 0 Å². The van der Waals surface area contributed by atoms with Gasteiger partial charge in [0.05, 0.1) is 24.5 Å². The maximum Gasteiger partial charge on any atom is 0.310 e. The lowest BCUT2D eigenvalue weighted by molar-refractivity contribution is -0.150. The van der Waals surface area contributed by atoms with Crippen LogP contribution in [0.25, 0.3) is 10.9 Å². The molecule has 44 heavy (non-hydrogen) atoms. The van der Waals surface area contributed by atoms with Crippen molar-refractivity contribution in [2.45, 2.75) is 58.6 Å². The number of benzene rings is 3. The fourth-order valence-corrected chi connectivity index (χ4v) is 6.67. The Morgan fingerprint density at radius 1 is 1.02 bits per heavy atom. The Balaban J connectivity index is 1.34. The zero-order valence-electron chi connectivity index (χ0n) is 25.6. The first-order valence-corrected chi connectivity index (χ1v) is 19.1. The highest BCUT2D eigenvalue weighted by Crippen LogP contribution is 2.41. The van der Waals surface area contributed by atoms with Crippen LogP contribution in [0, 0.1) is 24.7 Å². The van der Waals surface area contributed by atoms with E-state index in [1.54, 1.807) is 36.4 Å². The van der Waals surface area contributed by atoms with Crippen molar-refractivity contribution in [3.63, 3.8) is 0 Å². The summed E-state index contributed by atoms with van der Waals surface area (Å²) in [6.07, 6.45) is 1.10. The Morgan fingerprint density at radius 3 is 2.52 bits per heavy atom. The monoisotopic (exact) mass is 631 g/mol. The number of Topliss-reactive ketones (excluding diaryl/α,β-unsaturated/α-hetero) is 1. The highest BCUT2D eigenvalue weighted by Gasteiger charge is 2.46. The van der Waals surface area contributed by atoms with E-state index < -0.39 is 19.9 Å². The van der Waals surface area contributed by atoms with Crippen molar-refractivity contribution in [2.75, 3.05) is 6.61 Å². The molecule has 0 aliphatic heterocycles. The number of ether oxygens (including phenoxy) is 2. The maximum absolute atomic E-state index is 13.8. The van der Waals surface area contributed by atoms with E-state index in [0.29, 0.717) is 53.3 Å². The number of rotatable bonds is 11. The topological polar surface area (TPSA) is 100 Å². The molecule has 0 saturated heterocycles. The number of ketones is 1. The van der Waals surface area contributed by atoms with Gasteiger partial charge in [-0.05, 0) is 85.8 Å². The second-order valence-corrected chi connectivity index (χ2v) is 18.9. The van der Waals surface area contributed by atoms with Crippen LogP contribution in [0.1, 0.15) is 34.3 Å². The van der Waals surface area contributed by atoms with Gasteiger partial charge >= 0.3 is 5.97 Å². The third-order valence-electron chi connectivity index (χ3n) is 8.21. The van der Waals surface area contributed by atoms with Crippen LogP contribution in [0.4, 0.5) is 0 Å². The Bertz CT molecular complexity index is 1720. The van der Waals surface area contributed by atoms with Crippen LogP contribution in [-0.4, -0.2) is 41.4 Å². The van der Waals surface area contributed by atoms with Gasteiger partial charge < -0.3 is 9.47 Å². The predicted molar refractivity (Wildman–Crippen MR) is 174 cm³/mol. The highest BCUT2D eigenvalue weighted by atomic mass is 35.5. The summed E-state index contributed by atoms with van der Waals surface area (Å²) in [7, 11) is -1.43. The minimum Gasteiger partial charge on any atom is -0.489 e. The highest BCUT2D eigenvalue weighted by molar-refractivity contribution is 6.76. The minimum atomic E-state index is -1.43. The number of hydrogen-bond donors (Lipinski definition) is 0. The molecule has 3 atom stereocenters. The zero-order valence-corrected chi connectivity index (χ0v) is 27.3. The van der Waals surface area contributed by atoms with Crippen molar-refractivity contribution in [2.24, 2.45) is 17.8 Å². The SMILES string of the molecule is Cc1ccc2nnn(C[C@@H]3CC[C@H](C(=O)c4ccc(OCc5cccc(Cl)c5)cc4)[C@H]3C(=O)OCC[Si](C)(C)C)c(=O)c2c1. The van der Waals surface area contributed by atoms with Crippen molar-refractivity contribution in [1.82, 2.24) is 15.0 Å². The zero-order chi connectivity index (χ0) is 31.4. The van der Waals surface area contributed by atoms with Gasteiger partial charge in [-0.1, -0.05) is 60.2 Å². The van der Waals surface area contributed by atoms with E-state index in [-0.39, 0.29) is 29.8 Å². The predicted octanol–water partition coefficient (Wildman–Crippen LogP) is 6.74. The molecule has 0 radical (unpaired) electrons. The van der Waals surface area contributed by atoms with E-state index in [4.69, 9.17) is 21.1 Å². The first-order valence-electron chi connectivity index (χ1n) is 15.0. The Labute approximate surface area is 263 Å². The third-order valence-corrected chi connectivity index (χ3v) is 10.2. The summed E-state index contributed by atoms with van der Waals surface area (Å²) in [5.74, 6) is -1.43. The number of carbonyl (C=O) groups is 2. The number of fused-ring (bicyclic) bond motifs is 1. The van der Waals surface area contributed by atoms with Gasteiger partial charge in [-0.15, -0.1) is 5.10 Å². The van der Waals surface area contributed by atoms with Crippen LogP contribution in [0.2, 0.25) is 30.7 Å². The molecule has 0 bridgehead atoms. The van der Waals surface area contributed by atoms with Crippen LogP contribution >= 0.6 is 11.6 Å². The van der Waals surface area contributed by atoms with E-state index >= 15 is 0 Å². The molecule has 1 heterocycles. The molecule has 8 nitrogen and oxygen atoms in total. The van der Waals surface area contributed by atoms with Gasteiger partial charge in [0.25, 0.3) is 5.56 Å². The number of hydrogen-bond acceptors (Lipinski definition) is 7. The molecule has 0 unspecified atom stereocenters. The van der Waals surface area contributed by atoms with Gasteiger partial charge in [-0.2, -0.15) is 0 Å². The molecule has 1 saturated carbocycles. The summed E-state index contributed by atoms with van der Waals surface area (Å²) in [4.78, 5) is 40.8. The number of aryl methyl sites for hydroxylation is 1. The first kappa shape index (κ1) is 31.6. The van der Waals surface area contributed by atoms with E-state index in [9.17, 15) is 14.4 Å². The summed E-state index contributed by atoms with van der Waals surface area (Å²) in [5, 5.41) is 9.53. The number of aromatic nitrogens is 3. The summed E-state index contributed by atoms with van der Waals surface area (Å²) in [6.45, 7) is 9.44. The van der Waals surface area contributed by atoms with Crippen molar-refractivity contribution < 1.29 is 19.1 Å². The van der Waals surface area contributed by atoms with E-state index in [2.05, 4.69) is 30.0 Å². The second-order valence-electron chi connectivity index (χ2n) is 12.9. The fraction of sp³-hybridized carbons (Fsp3) is 0.382. The quantitative estimate of drug-likeness (QED) is 0.103. The molecule has 0 spiro atoms. The molecule has 1 aliphatic rings. The Kier molecular flexibility index (Phi) is 9.65. The van der Waals surface area contributed by atoms with Gasteiger partial charge in [0, 0.05) is 24.6 Å². The van der Waals surface area contributed by atoms with Crippen molar-refractivity contribution in [3.8, 4) is 5.75 Å². The largest absolute Gasteiger partial charge is 0.489 e. The molecular formula is C34H38ClN3O5Si. The number of nitrogens with zero attached hydrogens (tertiary/aromatic N) is 3. The summed E-state index contributed by atoms with van der Waals surface area (Å²) < 4.78 is 13.0. The Morgan fingerprint density at radius 2 is 1.80 bits per heavy atom. The maximum atomic E-state index is 13.8. The van der Waals surface area contributed by atoms with Crippen molar-refractivity contribution in [3.05, 3.63) is 98.8 Å². The van der Waals surface area contributed by atoms with Crippen molar-refractivity contribution in [1.29, 1.82) is 0 Å². The molecular weight excluding hydrogens is 594 g/mol. The molecule has 0 amide bonds. The molecule has 4 aromatic rings. The number of carbonyl (C=O) groups excluding carboxylic acids is 2. The fourth-order valence-electron chi connectivity index (χ4n) is 5.75.